The summed E-state index contributed by atoms with van der Waals surface area (Å²) in [5, 5.41) is 2.81. The average Bonchev–Trinajstić information content (AvgIpc) is 2.86. The summed E-state index contributed by atoms with van der Waals surface area (Å²) in [6.07, 6.45) is 0. The Bertz CT molecular complexity index is 848. The first-order chi connectivity index (χ1) is 11.0. The standard InChI is InChI=1S/C18H18N2O3/c1-11-5-4-6-12(2)18(11)22-10-17(21)20-14-7-8-16-15(9-14)19-13(3)23-16/h4-9H,10H2,1-3H3,(H,20,21). The van der Waals surface area contributed by atoms with Crippen molar-refractivity contribution in [3.8, 4) is 5.75 Å². The van der Waals surface area contributed by atoms with Crippen molar-refractivity contribution in [1.82, 2.24) is 4.98 Å². The van der Waals surface area contributed by atoms with Crippen molar-refractivity contribution in [2.75, 3.05) is 11.9 Å². The summed E-state index contributed by atoms with van der Waals surface area (Å²) in [6, 6.07) is 11.2. The van der Waals surface area contributed by atoms with Gasteiger partial charge in [0.05, 0.1) is 0 Å². The number of carbonyl (C=O) groups is 1. The lowest BCUT2D eigenvalue weighted by molar-refractivity contribution is -0.118. The number of para-hydroxylation sites is 1. The molecule has 23 heavy (non-hydrogen) atoms. The van der Waals surface area contributed by atoms with Gasteiger partial charge in [0.2, 0.25) is 0 Å². The van der Waals surface area contributed by atoms with Crippen LogP contribution in [0.5, 0.6) is 5.75 Å². The zero-order chi connectivity index (χ0) is 16.4. The maximum Gasteiger partial charge on any atom is 0.262 e. The fourth-order valence-electron chi connectivity index (χ4n) is 2.48. The van der Waals surface area contributed by atoms with Gasteiger partial charge in [-0.1, -0.05) is 18.2 Å². The van der Waals surface area contributed by atoms with Gasteiger partial charge in [0.15, 0.2) is 18.1 Å². The summed E-state index contributed by atoms with van der Waals surface area (Å²) in [7, 11) is 0. The van der Waals surface area contributed by atoms with E-state index in [2.05, 4.69) is 10.3 Å². The van der Waals surface area contributed by atoms with Gasteiger partial charge in [-0.25, -0.2) is 4.98 Å². The van der Waals surface area contributed by atoms with E-state index in [1.807, 2.05) is 32.0 Å². The molecule has 0 bridgehead atoms. The van der Waals surface area contributed by atoms with Crippen LogP contribution in [0.2, 0.25) is 0 Å². The number of aryl methyl sites for hydroxylation is 3. The highest BCUT2D eigenvalue weighted by molar-refractivity contribution is 5.93. The second kappa shape index (κ2) is 6.12. The summed E-state index contributed by atoms with van der Waals surface area (Å²) in [5.41, 5.74) is 4.11. The summed E-state index contributed by atoms with van der Waals surface area (Å²) < 4.78 is 11.1. The molecule has 0 saturated heterocycles. The smallest absolute Gasteiger partial charge is 0.262 e. The van der Waals surface area contributed by atoms with E-state index in [1.165, 1.54) is 0 Å². The lowest BCUT2D eigenvalue weighted by Gasteiger charge is -2.11. The number of oxazole rings is 1. The van der Waals surface area contributed by atoms with E-state index in [0.29, 0.717) is 17.2 Å². The van der Waals surface area contributed by atoms with Crippen LogP contribution in [0.3, 0.4) is 0 Å². The molecule has 5 heteroatoms. The van der Waals surface area contributed by atoms with Crippen molar-refractivity contribution >= 4 is 22.7 Å². The molecule has 1 amide bonds. The quantitative estimate of drug-likeness (QED) is 0.796. The minimum atomic E-state index is -0.216. The van der Waals surface area contributed by atoms with E-state index in [9.17, 15) is 4.79 Å². The van der Waals surface area contributed by atoms with Crippen LogP contribution in [0, 0.1) is 20.8 Å². The van der Waals surface area contributed by atoms with Crippen LogP contribution < -0.4 is 10.1 Å². The largest absolute Gasteiger partial charge is 0.483 e. The number of hydrogen-bond acceptors (Lipinski definition) is 4. The van der Waals surface area contributed by atoms with Crippen molar-refractivity contribution in [2.45, 2.75) is 20.8 Å². The normalized spacial score (nSPS) is 10.7. The maximum atomic E-state index is 12.1. The van der Waals surface area contributed by atoms with Crippen LogP contribution >= 0.6 is 0 Å². The lowest BCUT2D eigenvalue weighted by Crippen LogP contribution is -2.20. The number of hydrogen-bond donors (Lipinski definition) is 1. The highest BCUT2D eigenvalue weighted by Crippen LogP contribution is 2.23. The van der Waals surface area contributed by atoms with E-state index in [-0.39, 0.29) is 12.5 Å². The van der Waals surface area contributed by atoms with E-state index in [1.54, 1.807) is 25.1 Å². The predicted octanol–water partition coefficient (Wildman–Crippen LogP) is 3.77. The summed E-state index contributed by atoms with van der Waals surface area (Å²) >= 11 is 0. The Hall–Kier alpha value is -2.82. The SMILES string of the molecule is Cc1nc2cc(NC(=O)COc3c(C)cccc3C)ccc2o1. The molecule has 2 aromatic carbocycles. The molecule has 0 aliphatic heterocycles. The van der Waals surface area contributed by atoms with Gasteiger partial charge in [-0.3, -0.25) is 4.79 Å². The first-order valence-corrected chi connectivity index (χ1v) is 7.39. The number of ether oxygens (including phenoxy) is 1. The number of aromatic nitrogens is 1. The van der Waals surface area contributed by atoms with E-state index in [4.69, 9.17) is 9.15 Å². The summed E-state index contributed by atoms with van der Waals surface area (Å²) in [5.74, 6) is 1.14. The minimum absolute atomic E-state index is 0.0401. The molecule has 0 atom stereocenters. The van der Waals surface area contributed by atoms with E-state index >= 15 is 0 Å². The molecule has 1 heterocycles. The number of fused-ring (bicyclic) bond motifs is 1. The Morgan fingerprint density at radius 1 is 1.17 bits per heavy atom. The molecule has 3 aromatic rings. The van der Waals surface area contributed by atoms with Gasteiger partial charge in [0, 0.05) is 12.6 Å². The Morgan fingerprint density at radius 2 is 1.91 bits per heavy atom. The van der Waals surface area contributed by atoms with Gasteiger partial charge in [-0.05, 0) is 43.2 Å². The Kier molecular flexibility index (Phi) is 4.02. The van der Waals surface area contributed by atoms with Crippen LogP contribution in [-0.2, 0) is 4.79 Å². The molecule has 0 spiro atoms. The summed E-state index contributed by atoms with van der Waals surface area (Å²) in [6.45, 7) is 5.67. The second-order valence-electron chi connectivity index (χ2n) is 5.47. The monoisotopic (exact) mass is 310 g/mol. The zero-order valence-corrected chi connectivity index (χ0v) is 13.3. The first kappa shape index (κ1) is 15.1. The molecule has 1 N–H and O–H groups in total. The third kappa shape index (κ3) is 3.34. The topological polar surface area (TPSA) is 64.4 Å². The molecule has 1 aromatic heterocycles. The fourth-order valence-corrected chi connectivity index (χ4v) is 2.48. The number of rotatable bonds is 4. The molecule has 0 unspecified atom stereocenters. The van der Waals surface area contributed by atoms with Crippen molar-refractivity contribution in [3.63, 3.8) is 0 Å². The maximum absolute atomic E-state index is 12.1. The molecular weight excluding hydrogens is 292 g/mol. The Labute approximate surface area is 134 Å². The van der Waals surface area contributed by atoms with Crippen molar-refractivity contribution in [2.24, 2.45) is 0 Å². The van der Waals surface area contributed by atoms with Gasteiger partial charge in [-0.15, -0.1) is 0 Å². The van der Waals surface area contributed by atoms with Crippen LogP contribution in [0.1, 0.15) is 17.0 Å². The number of amides is 1. The third-order valence-electron chi connectivity index (χ3n) is 3.53. The van der Waals surface area contributed by atoms with Crippen molar-refractivity contribution in [3.05, 3.63) is 53.4 Å². The zero-order valence-electron chi connectivity index (χ0n) is 13.3. The van der Waals surface area contributed by atoms with Crippen LogP contribution in [0.4, 0.5) is 5.69 Å². The molecule has 0 radical (unpaired) electrons. The molecule has 0 aliphatic rings. The number of nitrogens with one attached hydrogen (secondary N) is 1. The first-order valence-electron chi connectivity index (χ1n) is 7.39. The van der Waals surface area contributed by atoms with Gasteiger partial charge in [0.25, 0.3) is 5.91 Å². The van der Waals surface area contributed by atoms with Gasteiger partial charge in [0.1, 0.15) is 11.3 Å². The summed E-state index contributed by atoms with van der Waals surface area (Å²) in [4.78, 5) is 16.3. The Morgan fingerprint density at radius 3 is 2.65 bits per heavy atom. The van der Waals surface area contributed by atoms with Crippen molar-refractivity contribution < 1.29 is 13.9 Å². The van der Waals surface area contributed by atoms with Gasteiger partial charge in [-0.2, -0.15) is 0 Å². The average molecular weight is 310 g/mol. The lowest BCUT2D eigenvalue weighted by atomic mass is 10.1. The van der Waals surface area contributed by atoms with Crippen LogP contribution in [0.15, 0.2) is 40.8 Å². The van der Waals surface area contributed by atoms with Crippen LogP contribution in [0.25, 0.3) is 11.1 Å². The molecule has 0 fully saturated rings. The molecule has 0 saturated carbocycles. The molecule has 5 nitrogen and oxygen atoms in total. The Balaban J connectivity index is 1.66. The highest BCUT2D eigenvalue weighted by atomic mass is 16.5. The predicted molar refractivity (Wildman–Crippen MR) is 88.8 cm³/mol. The molecule has 118 valence electrons. The third-order valence-corrected chi connectivity index (χ3v) is 3.53. The number of anilines is 1. The van der Waals surface area contributed by atoms with E-state index < -0.39 is 0 Å². The second-order valence-corrected chi connectivity index (χ2v) is 5.47. The molecule has 0 aliphatic carbocycles. The van der Waals surface area contributed by atoms with E-state index in [0.717, 1.165) is 22.4 Å². The van der Waals surface area contributed by atoms with Crippen molar-refractivity contribution in [1.29, 1.82) is 0 Å². The van der Waals surface area contributed by atoms with Gasteiger partial charge >= 0.3 is 0 Å². The molecule has 3 rings (SSSR count). The number of carbonyl (C=O) groups excluding carboxylic acids is 1. The van der Waals surface area contributed by atoms with Crippen LogP contribution in [-0.4, -0.2) is 17.5 Å². The number of nitrogens with zero attached hydrogens (tertiary/aromatic N) is 1. The number of benzene rings is 2. The fraction of sp³-hybridized carbons (Fsp3) is 0.222. The molecular formula is C18H18N2O3. The highest BCUT2D eigenvalue weighted by Gasteiger charge is 2.09. The minimum Gasteiger partial charge on any atom is -0.483 e. The van der Waals surface area contributed by atoms with Gasteiger partial charge < -0.3 is 14.5 Å².